The SMILES string of the molecule is COc1ccc(C2OC(COc3ccc(Cl)cc3)=NN2C(C)=O)cc1OC. The van der Waals surface area contributed by atoms with Crippen LogP contribution in [-0.4, -0.2) is 37.6 Å². The lowest BCUT2D eigenvalue weighted by atomic mass is 10.1. The van der Waals surface area contributed by atoms with Crippen molar-refractivity contribution in [3.8, 4) is 17.2 Å². The molecular formula is C19H19ClN2O5. The van der Waals surface area contributed by atoms with Gasteiger partial charge in [0, 0.05) is 17.5 Å². The summed E-state index contributed by atoms with van der Waals surface area (Å²) in [4.78, 5) is 12.0. The maximum atomic E-state index is 12.0. The van der Waals surface area contributed by atoms with Crippen molar-refractivity contribution in [3.63, 3.8) is 0 Å². The fraction of sp³-hybridized carbons (Fsp3) is 0.263. The number of halogens is 1. The lowest BCUT2D eigenvalue weighted by molar-refractivity contribution is -0.135. The number of benzene rings is 2. The number of hydrogen-bond donors (Lipinski definition) is 0. The van der Waals surface area contributed by atoms with Gasteiger partial charge in [-0.3, -0.25) is 4.79 Å². The zero-order valence-corrected chi connectivity index (χ0v) is 15.9. The van der Waals surface area contributed by atoms with E-state index >= 15 is 0 Å². The van der Waals surface area contributed by atoms with E-state index in [0.717, 1.165) is 0 Å². The second-order valence-electron chi connectivity index (χ2n) is 5.68. The third kappa shape index (κ3) is 4.25. The van der Waals surface area contributed by atoms with E-state index in [2.05, 4.69) is 5.10 Å². The van der Waals surface area contributed by atoms with Gasteiger partial charge < -0.3 is 18.9 Å². The van der Waals surface area contributed by atoms with Crippen LogP contribution in [0, 0.1) is 0 Å². The maximum absolute atomic E-state index is 12.0. The summed E-state index contributed by atoms with van der Waals surface area (Å²) in [5, 5.41) is 6.12. The first-order valence-electron chi connectivity index (χ1n) is 8.16. The molecule has 0 aliphatic carbocycles. The van der Waals surface area contributed by atoms with Crippen molar-refractivity contribution in [3.05, 3.63) is 53.1 Å². The molecule has 8 heteroatoms. The van der Waals surface area contributed by atoms with Crippen molar-refractivity contribution in [2.45, 2.75) is 13.2 Å². The number of carbonyl (C=O) groups is 1. The highest BCUT2D eigenvalue weighted by Gasteiger charge is 2.33. The van der Waals surface area contributed by atoms with Gasteiger partial charge in [0.2, 0.25) is 18.0 Å². The van der Waals surface area contributed by atoms with Crippen LogP contribution < -0.4 is 14.2 Å². The fourth-order valence-electron chi connectivity index (χ4n) is 2.56. The number of methoxy groups -OCH3 is 2. The molecule has 7 nitrogen and oxygen atoms in total. The molecule has 0 N–H and O–H groups in total. The summed E-state index contributed by atoms with van der Waals surface area (Å²) in [6.07, 6.45) is -0.703. The van der Waals surface area contributed by atoms with Gasteiger partial charge in [0.05, 0.1) is 14.2 Å². The Bertz CT molecular complexity index is 854. The minimum absolute atomic E-state index is 0.0786. The Morgan fingerprint density at radius 3 is 2.48 bits per heavy atom. The normalized spacial score (nSPS) is 15.8. The Labute approximate surface area is 162 Å². The zero-order valence-electron chi connectivity index (χ0n) is 15.1. The van der Waals surface area contributed by atoms with Crippen LogP contribution in [-0.2, 0) is 9.53 Å². The third-order valence-electron chi connectivity index (χ3n) is 3.88. The van der Waals surface area contributed by atoms with Crippen molar-refractivity contribution in [2.24, 2.45) is 5.10 Å². The molecule has 2 aromatic rings. The van der Waals surface area contributed by atoms with Gasteiger partial charge in [0.1, 0.15) is 5.75 Å². The average Bonchev–Trinajstić information content (AvgIpc) is 3.11. The lowest BCUT2D eigenvalue weighted by Gasteiger charge is -2.20. The van der Waals surface area contributed by atoms with Gasteiger partial charge in [0.15, 0.2) is 18.1 Å². The molecule has 27 heavy (non-hydrogen) atoms. The second-order valence-corrected chi connectivity index (χ2v) is 6.12. The molecule has 1 aliphatic rings. The van der Waals surface area contributed by atoms with Gasteiger partial charge in [-0.25, -0.2) is 0 Å². The molecule has 0 radical (unpaired) electrons. The molecule has 2 aromatic carbocycles. The Hall–Kier alpha value is -2.93. The molecule has 0 bridgehead atoms. The molecule has 0 aromatic heterocycles. The quantitative estimate of drug-likeness (QED) is 0.753. The van der Waals surface area contributed by atoms with Crippen LogP contribution in [0.5, 0.6) is 17.2 Å². The molecule has 0 fully saturated rings. The largest absolute Gasteiger partial charge is 0.493 e. The topological polar surface area (TPSA) is 69.6 Å². The number of ether oxygens (including phenoxy) is 4. The van der Waals surface area contributed by atoms with E-state index in [-0.39, 0.29) is 12.5 Å². The van der Waals surface area contributed by atoms with Crippen molar-refractivity contribution in [2.75, 3.05) is 20.8 Å². The summed E-state index contributed by atoms with van der Waals surface area (Å²) in [5.74, 6) is 1.78. The van der Waals surface area contributed by atoms with E-state index in [1.54, 1.807) is 56.7 Å². The van der Waals surface area contributed by atoms with Gasteiger partial charge in [-0.05, 0) is 42.5 Å². The van der Waals surface area contributed by atoms with Gasteiger partial charge in [-0.1, -0.05) is 11.6 Å². The minimum atomic E-state index is -0.703. The van der Waals surface area contributed by atoms with Crippen LogP contribution in [0.15, 0.2) is 47.6 Å². The van der Waals surface area contributed by atoms with Crippen molar-refractivity contribution in [1.29, 1.82) is 0 Å². The van der Waals surface area contributed by atoms with Crippen molar-refractivity contribution >= 4 is 23.4 Å². The lowest BCUT2D eigenvalue weighted by Crippen LogP contribution is -2.25. The van der Waals surface area contributed by atoms with E-state index in [4.69, 9.17) is 30.5 Å². The number of nitrogens with zero attached hydrogens (tertiary/aromatic N) is 2. The zero-order chi connectivity index (χ0) is 19.4. The van der Waals surface area contributed by atoms with Crippen molar-refractivity contribution in [1.82, 2.24) is 5.01 Å². The third-order valence-corrected chi connectivity index (χ3v) is 4.13. The molecule has 0 saturated heterocycles. The first-order chi connectivity index (χ1) is 13.0. The summed E-state index contributed by atoms with van der Waals surface area (Å²) >= 11 is 5.86. The molecule has 1 atom stereocenters. The molecule has 1 unspecified atom stereocenters. The predicted octanol–water partition coefficient (Wildman–Crippen LogP) is 3.63. The summed E-state index contributed by atoms with van der Waals surface area (Å²) in [7, 11) is 3.10. The van der Waals surface area contributed by atoms with E-state index < -0.39 is 6.23 Å². The summed E-state index contributed by atoms with van der Waals surface area (Å²) in [6.45, 7) is 1.50. The first kappa shape index (κ1) is 18.8. The van der Waals surface area contributed by atoms with E-state index in [0.29, 0.717) is 33.7 Å². The molecule has 3 rings (SSSR count). The molecule has 142 valence electrons. The van der Waals surface area contributed by atoms with Crippen molar-refractivity contribution < 1.29 is 23.7 Å². The minimum Gasteiger partial charge on any atom is -0.493 e. The van der Waals surface area contributed by atoms with Crippen LogP contribution in [0.3, 0.4) is 0 Å². The highest BCUT2D eigenvalue weighted by Crippen LogP contribution is 2.35. The molecular weight excluding hydrogens is 372 g/mol. The van der Waals surface area contributed by atoms with Gasteiger partial charge in [-0.2, -0.15) is 5.01 Å². The van der Waals surface area contributed by atoms with E-state index in [1.165, 1.54) is 11.9 Å². The molecule has 1 amide bonds. The maximum Gasteiger partial charge on any atom is 0.247 e. The average molecular weight is 391 g/mol. The van der Waals surface area contributed by atoms with Crippen LogP contribution in [0.4, 0.5) is 0 Å². The Balaban J connectivity index is 1.75. The molecule has 0 saturated carbocycles. The monoisotopic (exact) mass is 390 g/mol. The number of amides is 1. The highest BCUT2D eigenvalue weighted by molar-refractivity contribution is 6.30. The van der Waals surface area contributed by atoms with Crippen LogP contribution >= 0.6 is 11.6 Å². The second kappa shape index (κ2) is 8.18. The van der Waals surface area contributed by atoms with Crippen LogP contribution in [0.1, 0.15) is 18.7 Å². The number of hydrogen-bond acceptors (Lipinski definition) is 6. The summed E-state index contributed by atoms with van der Waals surface area (Å²) in [5.41, 5.74) is 0.702. The Morgan fingerprint density at radius 1 is 1.15 bits per heavy atom. The molecule has 0 spiro atoms. The highest BCUT2D eigenvalue weighted by atomic mass is 35.5. The molecule has 1 heterocycles. The standard InChI is InChI=1S/C19H19ClN2O5/c1-12(23)22-19(13-4-9-16(24-2)17(10-13)25-3)27-18(21-22)11-26-15-7-5-14(20)6-8-15/h4-10,19H,11H2,1-3H3. The predicted molar refractivity (Wildman–Crippen MR) is 100 cm³/mol. The van der Waals surface area contributed by atoms with Crippen LogP contribution in [0.25, 0.3) is 0 Å². The van der Waals surface area contributed by atoms with Gasteiger partial charge in [-0.15, -0.1) is 5.10 Å². The summed E-state index contributed by atoms with van der Waals surface area (Å²) < 4.78 is 22.0. The molecule has 1 aliphatic heterocycles. The fourth-order valence-corrected chi connectivity index (χ4v) is 2.69. The first-order valence-corrected chi connectivity index (χ1v) is 8.54. The smallest absolute Gasteiger partial charge is 0.247 e. The Morgan fingerprint density at radius 2 is 1.85 bits per heavy atom. The van der Waals surface area contributed by atoms with E-state index in [1.807, 2.05) is 0 Å². The number of rotatable bonds is 6. The summed E-state index contributed by atoms with van der Waals surface area (Å²) in [6, 6.07) is 12.2. The number of carbonyl (C=O) groups excluding carboxylic acids is 1. The Kier molecular flexibility index (Phi) is 5.71. The van der Waals surface area contributed by atoms with E-state index in [9.17, 15) is 4.79 Å². The van der Waals surface area contributed by atoms with Gasteiger partial charge >= 0.3 is 0 Å². The number of hydrazone groups is 1. The van der Waals surface area contributed by atoms with Crippen LogP contribution in [0.2, 0.25) is 5.02 Å². The van der Waals surface area contributed by atoms with Gasteiger partial charge in [0.25, 0.3) is 0 Å².